The van der Waals surface area contributed by atoms with Crippen LogP contribution in [0, 0.1) is 0 Å². The summed E-state index contributed by atoms with van der Waals surface area (Å²) in [7, 11) is 0. The number of hydrogen-bond acceptors (Lipinski definition) is 4. The number of amides is 1. The fraction of sp³-hybridized carbons (Fsp3) is 0.429. The van der Waals surface area contributed by atoms with Gasteiger partial charge in [0.05, 0.1) is 6.61 Å². The highest BCUT2D eigenvalue weighted by molar-refractivity contribution is 5.84. The molecule has 1 amide bonds. The Balaban J connectivity index is 2.42. The van der Waals surface area contributed by atoms with Gasteiger partial charge in [-0.25, -0.2) is 4.79 Å². The third-order valence-electron chi connectivity index (χ3n) is 2.55. The number of carbonyl (C=O) groups is 2. The number of carbonyl (C=O) groups excluding carboxylic acids is 1. The van der Waals surface area contributed by atoms with Gasteiger partial charge in [0, 0.05) is 0 Å². The summed E-state index contributed by atoms with van der Waals surface area (Å²) in [6, 6.07) is 5.97. The lowest BCUT2D eigenvalue weighted by molar-refractivity contribution is -0.142. The Morgan fingerprint density at radius 2 is 1.70 bits per heavy atom. The van der Waals surface area contributed by atoms with Crippen molar-refractivity contribution >= 4 is 11.9 Å². The predicted molar refractivity (Wildman–Crippen MR) is 73.0 cm³/mol. The number of nitrogens with one attached hydrogen (secondary N) is 1. The van der Waals surface area contributed by atoms with Crippen LogP contribution in [0.2, 0.25) is 0 Å². The van der Waals surface area contributed by atoms with Gasteiger partial charge in [0.15, 0.2) is 6.61 Å². The third-order valence-corrected chi connectivity index (χ3v) is 2.55. The molecule has 0 aliphatic rings. The second-order valence-electron chi connectivity index (χ2n) is 4.06. The van der Waals surface area contributed by atoms with Crippen LogP contribution in [0.4, 0.5) is 0 Å². The second-order valence-corrected chi connectivity index (χ2v) is 4.06. The van der Waals surface area contributed by atoms with Crippen LogP contribution in [0.3, 0.4) is 0 Å². The monoisotopic (exact) mass is 281 g/mol. The van der Waals surface area contributed by atoms with E-state index < -0.39 is 17.9 Å². The minimum Gasteiger partial charge on any atom is -0.494 e. The lowest BCUT2D eigenvalue weighted by atomic mass is 10.2. The molecule has 0 heterocycles. The molecule has 0 aliphatic heterocycles. The second kappa shape index (κ2) is 8.04. The summed E-state index contributed by atoms with van der Waals surface area (Å²) in [6.07, 6.45) is 0.324. The molecule has 1 aromatic rings. The van der Waals surface area contributed by atoms with Crippen LogP contribution in [0.15, 0.2) is 24.3 Å². The molecule has 0 aromatic heterocycles. The van der Waals surface area contributed by atoms with E-state index in [4.69, 9.17) is 14.6 Å². The van der Waals surface area contributed by atoms with Crippen molar-refractivity contribution in [1.29, 1.82) is 0 Å². The van der Waals surface area contributed by atoms with Crippen LogP contribution >= 0.6 is 0 Å². The maximum atomic E-state index is 11.5. The number of carboxylic acids is 1. The first-order valence-corrected chi connectivity index (χ1v) is 6.44. The molecule has 1 unspecified atom stereocenters. The van der Waals surface area contributed by atoms with Gasteiger partial charge in [-0.05, 0) is 37.6 Å². The molecule has 2 N–H and O–H groups in total. The quantitative estimate of drug-likeness (QED) is 0.753. The molecule has 0 fully saturated rings. The average Bonchev–Trinajstić information content (AvgIpc) is 2.44. The molecular formula is C14H19NO5. The Morgan fingerprint density at radius 3 is 2.15 bits per heavy atom. The van der Waals surface area contributed by atoms with Crippen molar-refractivity contribution < 1.29 is 24.2 Å². The molecule has 0 bridgehead atoms. The van der Waals surface area contributed by atoms with Gasteiger partial charge >= 0.3 is 5.97 Å². The SMILES string of the molecule is CCOc1ccc(OCC(=O)NC(CC)C(=O)O)cc1. The Morgan fingerprint density at radius 1 is 1.15 bits per heavy atom. The van der Waals surface area contributed by atoms with Gasteiger partial charge in [-0.1, -0.05) is 6.92 Å². The summed E-state index contributed by atoms with van der Waals surface area (Å²) in [5.41, 5.74) is 0. The molecule has 1 atom stereocenters. The summed E-state index contributed by atoms with van der Waals surface area (Å²) < 4.78 is 10.5. The van der Waals surface area contributed by atoms with E-state index in [9.17, 15) is 9.59 Å². The highest BCUT2D eigenvalue weighted by Crippen LogP contribution is 2.17. The van der Waals surface area contributed by atoms with Gasteiger partial charge in [0.25, 0.3) is 5.91 Å². The molecule has 1 rings (SSSR count). The van der Waals surface area contributed by atoms with Crippen LogP contribution < -0.4 is 14.8 Å². The normalized spacial score (nSPS) is 11.5. The minimum absolute atomic E-state index is 0.224. The molecule has 0 saturated carbocycles. The highest BCUT2D eigenvalue weighted by Gasteiger charge is 2.17. The van der Waals surface area contributed by atoms with Crippen LogP contribution in [0.5, 0.6) is 11.5 Å². The van der Waals surface area contributed by atoms with Gasteiger partial charge in [-0.2, -0.15) is 0 Å². The number of aliphatic carboxylic acids is 1. The first kappa shape index (κ1) is 15.8. The summed E-state index contributed by atoms with van der Waals surface area (Å²) >= 11 is 0. The number of rotatable bonds is 8. The van der Waals surface area contributed by atoms with Gasteiger partial charge in [-0.3, -0.25) is 4.79 Å². The van der Waals surface area contributed by atoms with E-state index in [1.165, 1.54) is 0 Å². The van der Waals surface area contributed by atoms with Gasteiger partial charge in [0.1, 0.15) is 17.5 Å². The Bertz CT molecular complexity index is 443. The van der Waals surface area contributed by atoms with Crippen molar-refractivity contribution in [2.45, 2.75) is 26.3 Å². The van der Waals surface area contributed by atoms with Gasteiger partial charge in [-0.15, -0.1) is 0 Å². The summed E-state index contributed by atoms with van der Waals surface area (Å²) in [5.74, 6) is -0.275. The highest BCUT2D eigenvalue weighted by atomic mass is 16.5. The minimum atomic E-state index is -1.05. The molecule has 110 valence electrons. The van der Waals surface area contributed by atoms with Crippen LogP contribution in [0.1, 0.15) is 20.3 Å². The maximum Gasteiger partial charge on any atom is 0.326 e. The summed E-state index contributed by atoms with van der Waals surface area (Å²) in [4.78, 5) is 22.3. The number of benzene rings is 1. The fourth-order valence-electron chi connectivity index (χ4n) is 1.52. The predicted octanol–water partition coefficient (Wildman–Crippen LogP) is 1.44. The van der Waals surface area contributed by atoms with E-state index in [0.29, 0.717) is 18.8 Å². The molecule has 1 aromatic carbocycles. The zero-order valence-corrected chi connectivity index (χ0v) is 11.6. The van der Waals surface area contributed by atoms with Crippen molar-refractivity contribution in [2.75, 3.05) is 13.2 Å². The molecule has 20 heavy (non-hydrogen) atoms. The zero-order chi connectivity index (χ0) is 15.0. The van der Waals surface area contributed by atoms with Crippen molar-refractivity contribution in [3.8, 4) is 11.5 Å². The fourth-order valence-corrected chi connectivity index (χ4v) is 1.52. The summed E-state index contributed by atoms with van der Waals surface area (Å²) in [6.45, 7) is 3.93. The largest absolute Gasteiger partial charge is 0.494 e. The first-order chi connectivity index (χ1) is 9.56. The van der Waals surface area contributed by atoms with Crippen molar-refractivity contribution in [2.24, 2.45) is 0 Å². The molecule has 0 saturated heterocycles. The maximum absolute atomic E-state index is 11.5. The van der Waals surface area contributed by atoms with Gasteiger partial charge in [0.2, 0.25) is 0 Å². The van der Waals surface area contributed by atoms with Crippen LogP contribution in [0.25, 0.3) is 0 Å². The van der Waals surface area contributed by atoms with E-state index in [-0.39, 0.29) is 6.61 Å². The van der Waals surface area contributed by atoms with Crippen LogP contribution in [-0.4, -0.2) is 36.2 Å². The third kappa shape index (κ3) is 5.17. The molecule has 0 aliphatic carbocycles. The van der Waals surface area contributed by atoms with E-state index in [2.05, 4.69) is 5.32 Å². The van der Waals surface area contributed by atoms with Crippen molar-refractivity contribution in [3.63, 3.8) is 0 Å². The lowest BCUT2D eigenvalue weighted by Crippen LogP contribution is -2.42. The Hall–Kier alpha value is -2.24. The average molecular weight is 281 g/mol. The Labute approximate surface area is 117 Å². The Kier molecular flexibility index (Phi) is 6.36. The van der Waals surface area contributed by atoms with Crippen LogP contribution in [-0.2, 0) is 9.59 Å². The first-order valence-electron chi connectivity index (χ1n) is 6.44. The number of hydrogen-bond donors (Lipinski definition) is 2. The number of carboxylic acid groups (broad SMARTS) is 1. The topological polar surface area (TPSA) is 84.9 Å². The van der Waals surface area contributed by atoms with E-state index in [1.807, 2.05) is 6.92 Å². The van der Waals surface area contributed by atoms with Gasteiger partial charge < -0.3 is 19.9 Å². The standard InChI is InChI=1S/C14H19NO5/c1-3-12(14(17)18)15-13(16)9-20-11-7-5-10(6-8-11)19-4-2/h5-8,12H,3-4,9H2,1-2H3,(H,15,16)(H,17,18). The molecule has 0 spiro atoms. The zero-order valence-electron chi connectivity index (χ0n) is 11.6. The molecular weight excluding hydrogens is 262 g/mol. The summed E-state index contributed by atoms with van der Waals surface area (Å²) in [5, 5.41) is 11.2. The van der Waals surface area contributed by atoms with Crippen molar-refractivity contribution in [3.05, 3.63) is 24.3 Å². The molecule has 6 heteroatoms. The lowest BCUT2D eigenvalue weighted by Gasteiger charge is -2.12. The van der Waals surface area contributed by atoms with E-state index >= 15 is 0 Å². The van der Waals surface area contributed by atoms with Crippen molar-refractivity contribution in [1.82, 2.24) is 5.32 Å². The number of ether oxygens (including phenoxy) is 2. The smallest absolute Gasteiger partial charge is 0.326 e. The van der Waals surface area contributed by atoms with E-state index in [0.717, 1.165) is 5.75 Å². The van der Waals surface area contributed by atoms with E-state index in [1.54, 1.807) is 31.2 Å². The molecule has 0 radical (unpaired) electrons. The molecule has 6 nitrogen and oxygen atoms in total.